The number of hydroxylamine groups is 2. The third-order valence-electron chi connectivity index (χ3n) is 17.2. The molecule has 5 rings (SSSR count). The molecule has 5 amide bonds. The molecule has 3 saturated heterocycles. The fourth-order valence-corrected chi connectivity index (χ4v) is 12.6. The van der Waals surface area contributed by atoms with Gasteiger partial charge in [0.05, 0.1) is 67.8 Å². The summed E-state index contributed by atoms with van der Waals surface area (Å²) in [5, 5.41) is 5.35. The monoisotopic (exact) mass is 1120 g/mol. The van der Waals surface area contributed by atoms with Gasteiger partial charge in [0, 0.05) is 88.4 Å². The Morgan fingerprint density at radius 2 is 1.62 bits per heavy atom. The molecule has 0 saturated carbocycles. The molecular weight excluding hydrogens is 1030 g/mol. The quantitative estimate of drug-likeness (QED) is 0.0288. The molecule has 442 valence electrons. The number of ether oxygens (including phenoxy) is 2. The van der Waals surface area contributed by atoms with E-state index in [0.29, 0.717) is 64.8 Å². The number of aromatic amines is 1. The van der Waals surface area contributed by atoms with Crippen LogP contribution in [-0.2, 0) is 59.1 Å². The number of para-hydroxylation sites is 1. The van der Waals surface area contributed by atoms with Crippen LogP contribution >= 0.6 is 12.6 Å². The molecule has 1 unspecified atom stereocenters. The average Bonchev–Trinajstić information content (AvgIpc) is 4.23. The van der Waals surface area contributed by atoms with Crippen molar-refractivity contribution in [1.82, 2.24) is 35.0 Å². The molecule has 0 aliphatic carbocycles. The van der Waals surface area contributed by atoms with Crippen molar-refractivity contribution in [1.29, 1.82) is 0 Å². The summed E-state index contributed by atoms with van der Waals surface area (Å²) in [7, 11) is 6.85. The second-order valence-corrected chi connectivity index (χ2v) is 23.7. The molecule has 4 heterocycles. The molecular formula is C60H95N7O11S. The number of Topliss-reactive ketones (excluding diaryl/α,β-unsaturated/α-hetero) is 2. The zero-order valence-electron chi connectivity index (χ0n) is 49.3. The van der Waals surface area contributed by atoms with Crippen LogP contribution in [0.2, 0.25) is 0 Å². The van der Waals surface area contributed by atoms with Gasteiger partial charge in [0.25, 0.3) is 0 Å². The summed E-state index contributed by atoms with van der Waals surface area (Å²) in [6.07, 6.45) is 8.55. The number of hydrogen-bond acceptors (Lipinski definition) is 14. The van der Waals surface area contributed by atoms with Gasteiger partial charge in [0.2, 0.25) is 29.5 Å². The first-order chi connectivity index (χ1) is 37.7. The molecule has 79 heavy (non-hydrogen) atoms. The van der Waals surface area contributed by atoms with Gasteiger partial charge in [-0.05, 0) is 87.9 Å². The molecule has 0 bridgehead atoms. The van der Waals surface area contributed by atoms with Gasteiger partial charge in [0.1, 0.15) is 12.1 Å². The lowest BCUT2D eigenvalue weighted by molar-refractivity contribution is -0.201. The van der Waals surface area contributed by atoms with Crippen molar-refractivity contribution < 1.29 is 52.7 Å². The minimum absolute atomic E-state index is 0.00614. The average molecular weight is 1120 g/mol. The molecule has 11 atom stereocenters. The number of H-pyrrole nitrogens is 1. The first-order valence-corrected chi connectivity index (χ1v) is 29.9. The third-order valence-corrected chi connectivity index (χ3v) is 17.6. The number of likely N-dealkylation sites (tertiary alicyclic amines) is 2. The second kappa shape index (κ2) is 31.6. The number of carbonyl (C=O) groups excluding carboxylic acids is 8. The Kier molecular flexibility index (Phi) is 26.1. The van der Waals surface area contributed by atoms with Gasteiger partial charge in [-0.3, -0.25) is 53.5 Å². The number of benzene rings is 1. The molecule has 2 N–H and O–H groups in total. The molecule has 18 nitrogen and oxygen atoms in total. The third kappa shape index (κ3) is 17.0. The number of imide groups is 1. The summed E-state index contributed by atoms with van der Waals surface area (Å²) in [6, 6.07) is 5.29. The van der Waals surface area contributed by atoms with Crippen molar-refractivity contribution >= 4 is 70.9 Å². The fourth-order valence-electron chi connectivity index (χ4n) is 12.5. The molecule has 3 aliphatic rings. The van der Waals surface area contributed by atoms with Crippen molar-refractivity contribution in [2.75, 3.05) is 66.9 Å². The zero-order chi connectivity index (χ0) is 58.1. The van der Waals surface area contributed by atoms with E-state index in [0.717, 1.165) is 55.0 Å². The highest BCUT2D eigenvalue weighted by molar-refractivity contribution is 7.80. The van der Waals surface area contributed by atoms with Crippen LogP contribution in [0.1, 0.15) is 138 Å². The predicted octanol–water partition coefficient (Wildman–Crippen LogP) is 6.72. The normalized spacial score (nSPS) is 20.6. The van der Waals surface area contributed by atoms with Gasteiger partial charge in [-0.15, -0.1) is 0 Å². The molecule has 3 fully saturated rings. The number of rotatable bonds is 34. The van der Waals surface area contributed by atoms with E-state index in [1.165, 1.54) is 9.96 Å². The number of aromatic nitrogens is 1. The van der Waals surface area contributed by atoms with Crippen LogP contribution in [0.5, 0.6) is 0 Å². The van der Waals surface area contributed by atoms with Crippen LogP contribution in [0.4, 0.5) is 0 Å². The first-order valence-electron chi connectivity index (χ1n) is 29.3. The van der Waals surface area contributed by atoms with Crippen LogP contribution < -0.4 is 5.32 Å². The van der Waals surface area contributed by atoms with Gasteiger partial charge >= 0.3 is 0 Å². The number of unbranched alkanes of at least 4 members (excludes halogenated alkanes) is 3. The predicted molar refractivity (Wildman–Crippen MR) is 308 cm³/mol. The number of carbonyl (C=O) groups is 8. The summed E-state index contributed by atoms with van der Waals surface area (Å²) in [4.78, 5) is 125. The Morgan fingerprint density at radius 1 is 0.899 bits per heavy atom. The number of methoxy groups -OCH3 is 2. The van der Waals surface area contributed by atoms with Gasteiger partial charge in [0.15, 0.2) is 5.78 Å². The minimum Gasteiger partial charge on any atom is -0.379 e. The van der Waals surface area contributed by atoms with Crippen molar-refractivity contribution in [3.05, 3.63) is 36.0 Å². The Balaban J connectivity index is 1.20. The van der Waals surface area contributed by atoms with E-state index >= 15 is 0 Å². The maximum Gasteiger partial charge on any atom is 0.250 e. The van der Waals surface area contributed by atoms with Crippen LogP contribution in [0.15, 0.2) is 30.5 Å². The number of likely N-dealkylation sites (N-methyl/N-ethyl adjacent to an activating group) is 2. The van der Waals surface area contributed by atoms with Crippen molar-refractivity contribution in [3.63, 3.8) is 0 Å². The Morgan fingerprint density at radius 3 is 2.25 bits per heavy atom. The molecule has 2 aromatic rings. The van der Waals surface area contributed by atoms with Gasteiger partial charge < -0.3 is 29.1 Å². The highest BCUT2D eigenvalue weighted by Crippen LogP contribution is 2.33. The summed E-state index contributed by atoms with van der Waals surface area (Å²) in [5.74, 6) is -3.15. The van der Waals surface area contributed by atoms with E-state index in [1.807, 2.05) is 84.0 Å². The van der Waals surface area contributed by atoms with Crippen LogP contribution in [0.25, 0.3) is 10.9 Å². The number of nitrogens with zero attached hydrogens (tertiary/aromatic N) is 5. The molecule has 0 radical (unpaired) electrons. The number of ketones is 2. The number of nitrogens with one attached hydrogen (secondary N) is 2. The Labute approximate surface area is 475 Å². The van der Waals surface area contributed by atoms with E-state index in [1.54, 1.807) is 26.2 Å². The summed E-state index contributed by atoms with van der Waals surface area (Å²) >= 11 is 4.13. The SMILES string of the molecule is CC[C@H](C)[C@@H]([C@@H](CC(=O)N1CCC[C@H]1[C@H](OC)[C@@H](C)C(=O)C[C@@H](Cc1c[nH]c2ccccc12)C(=O)N1CCCCO1)OC)N(C)C(=O)[C@@H](CC(=O)[C@H](C(C)C)N(C)CCCCCCN1C(=O)CC(N[C@H](C=O)CS)C1=O)C(C)C. The molecule has 1 aromatic carbocycles. The zero-order valence-corrected chi connectivity index (χ0v) is 50.2. The molecule has 0 spiro atoms. The van der Waals surface area contributed by atoms with Crippen LogP contribution in [0.3, 0.4) is 0 Å². The standard InChI is InChI=1S/C60H95N7O11S/c1-12-40(6)56(64(9)59(74)46(38(2)3)32-51(70)55(39(4)5)63(8)25-17-13-14-18-26-66-53(71)33-48(60(66)75)62-44(36-68)37-79)52(76-10)34-54(72)65-27-21-24-49(65)57(77-11)41(7)50(69)31-42(58(73)67-28-19-20-29-78-67)30-43-35-61-47-23-16-15-22-45(43)47/h15-16,22-23,35-36,38-42,44,46,48-49,52,55-57,61-62,79H,12-14,17-21,24-34,37H2,1-11H3/t40-,41-,42+,44+,46-,48?,49-,52+,55-,56-,57+/m0/s1. The lowest BCUT2D eigenvalue weighted by Crippen LogP contribution is -2.54. The second-order valence-electron chi connectivity index (χ2n) is 23.3. The highest BCUT2D eigenvalue weighted by Gasteiger charge is 2.44. The van der Waals surface area contributed by atoms with Crippen molar-refractivity contribution in [3.8, 4) is 0 Å². The molecule has 1 aromatic heterocycles. The highest BCUT2D eigenvalue weighted by atomic mass is 32.1. The number of hydrogen-bond donors (Lipinski definition) is 3. The summed E-state index contributed by atoms with van der Waals surface area (Å²) in [6.45, 7) is 16.3. The maximum atomic E-state index is 14.8. The maximum absolute atomic E-state index is 14.8. The lowest BCUT2D eigenvalue weighted by Gasteiger charge is -2.41. The summed E-state index contributed by atoms with van der Waals surface area (Å²) < 4.78 is 12.3. The Hall–Kier alpha value is -4.53. The van der Waals surface area contributed by atoms with Gasteiger partial charge in [-0.2, -0.15) is 12.6 Å². The van der Waals surface area contributed by atoms with E-state index in [9.17, 15) is 38.4 Å². The van der Waals surface area contributed by atoms with Gasteiger partial charge in [-0.25, -0.2) is 5.06 Å². The van der Waals surface area contributed by atoms with Gasteiger partial charge in [-0.1, -0.05) is 85.9 Å². The Bertz CT molecular complexity index is 2340. The van der Waals surface area contributed by atoms with E-state index in [2.05, 4.69) is 34.8 Å². The number of aldehydes is 1. The fraction of sp³-hybridized carbons (Fsp3) is 0.733. The van der Waals surface area contributed by atoms with Crippen LogP contribution in [-0.4, -0.2) is 186 Å². The number of fused-ring (bicyclic) bond motifs is 1. The van der Waals surface area contributed by atoms with E-state index in [-0.39, 0.29) is 90.3 Å². The lowest BCUT2D eigenvalue weighted by atomic mass is 9.83. The topological polar surface area (TPSA) is 208 Å². The van der Waals surface area contributed by atoms with E-state index in [4.69, 9.17) is 14.3 Å². The number of thiol groups is 1. The van der Waals surface area contributed by atoms with Crippen LogP contribution in [0, 0.1) is 35.5 Å². The molecule has 19 heteroatoms. The molecule has 3 aliphatic heterocycles. The summed E-state index contributed by atoms with van der Waals surface area (Å²) in [5.41, 5.74) is 1.91. The largest absolute Gasteiger partial charge is 0.379 e. The number of amides is 5. The van der Waals surface area contributed by atoms with Crippen molar-refractivity contribution in [2.24, 2.45) is 35.5 Å². The smallest absolute Gasteiger partial charge is 0.250 e. The first kappa shape index (κ1) is 65.3. The minimum atomic E-state index is -0.713. The van der Waals surface area contributed by atoms with Crippen molar-refractivity contribution in [2.45, 2.75) is 181 Å². The van der Waals surface area contributed by atoms with E-state index < -0.39 is 60.2 Å².